The molecular weight excluding hydrogens is 359 g/mol. The molecule has 9 heteroatoms. The van der Waals surface area contributed by atoms with E-state index in [2.05, 4.69) is 14.4 Å². The van der Waals surface area contributed by atoms with Crippen LogP contribution in [0.4, 0.5) is 4.39 Å². The van der Waals surface area contributed by atoms with Gasteiger partial charge in [0.1, 0.15) is 33.3 Å². The summed E-state index contributed by atoms with van der Waals surface area (Å²) < 4.78 is 41.4. The van der Waals surface area contributed by atoms with E-state index >= 15 is 0 Å². The van der Waals surface area contributed by atoms with Gasteiger partial charge in [0.05, 0.1) is 18.9 Å². The lowest BCUT2D eigenvalue weighted by Gasteiger charge is -2.26. The van der Waals surface area contributed by atoms with Crippen LogP contribution in [0.5, 0.6) is 5.75 Å². The number of hydrogen-bond acceptors (Lipinski definition) is 5. The number of azide groups is 1. The average molecular weight is 382 g/mol. The van der Waals surface area contributed by atoms with E-state index in [1.54, 1.807) is 6.92 Å². The molecule has 0 radical (unpaired) electrons. The van der Waals surface area contributed by atoms with Gasteiger partial charge >= 0.3 is 0 Å². The number of fused-ring (bicyclic) bond motifs is 1. The van der Waals surface area contributed by atoms with Gasteiger partial charge in [-0.05, 0) is 45.4 Å². The van der Waals surface area contributed by atoms with E-state index in [9.17, 15) is 8.94 Å². The first-order valence-corrected chi connectivity index (χ1v) is 9.21. The molecule has 142 valence electrons. The van der Waals surface area contributed by atoms with Crippen LogP contribution in [0.2, 0.25) is 0 Å². The first-order valence-electron chi connectivity index (χ1n) is 8.11. The summed E-state index contributed by atoms with van der Waals surface area (Å²) in [4.78, 5) is 2.78. The standard InChI is InChI=1S/C17H23FN4O3S/c1-11(21-26(23)16(2,3)4)14-7-13(18)6-12-8-17(10-24-5,9-20-22-19)25-15(12)14/h6-7H,8-10H2,1-5H3/t17-,26?/m1/s1. The zero-order valence-corrected chi connectivity index (χ0v) is 16.4. The summed E-state index contributed by atoms with van der Waals surface area (Å²) in [5.41, 5.74) is 9.25. The Morgan fingerprint density at radius 3 is 2.77 bits per heavy atom. The van der Waals surface area contributed by atoms with Crippen molar-refractivity contribution in [1.29, 1.82) is 0 Å². The van der Waals surface area contributed by atoms with E-state index in [-0.39, 0.29) is 13.2 Å². The van der Waals surface area contributed by atoms with Crippen molar-refractivity contribution in [2.45, 2.75) is 44.5 Å². The Labute approximate surface area is 155 Å². The van der Waals surface area contributed by atoms with Gasteiger partial charge in [-0.25, -0.2) is 4.39 Å². The Bertz CT molecular complexity index is 759. The Morgan fingerprint density at radius 2 is 2.19 bits per heavy atom. The summed E-state index contributed by atoms with van der Waals surface area (Å²) in [6.07, 6.45) is 0.343. The van der Waals surface area contributed by atoms with E-state index in [1.807, 2.05) is 20.8 Å². The quantitative estimate of drug-likeness (QED) is 0.246. The van der Waals surface area contributed by atoms with Crippen molar-refractivity contribution in [2.24, 2.45) is 9.51 Å². The van der Waals surface area contributed by atoms with Crippen LogP contribution < -0.4 is 4.74 Å². The minimum absolute atomic E-state index is 0.0528. The van der Waals surface area contributed by atoms with E-state index in [0.29, 0.717) is 29.0 Å². The highest BCUT2D eigenvalue weighted by Gasteiger charge is 2.41. The molecule has 2 rings (SSSR count). The molecule has 1 aliphatic heterocycles. The van der Waals surface area contributed by atoms with Gasteiger partial charge in [-0.2, -0.15) is 0 Å². The highest BCUT2D eigenvalue weighted by Crippen LogP contribution is 2.40. The first kappa shape index (κ1) is 20.5. The first-order chi connectivity index (χ1) is 12.1. The van der Waals surface area contributed by atoms with Crippen LogP contribution in [-0.4, -0.2) is 40.9 Å². The predicted molar refractivity (Wildman–Crippen MR) is 99.5 cm³/mol. The fourth-order valence-electron chi connectivity index (χ4n) is 2.72. The van der Waals surface area contributed by atoms with E-state index in [1.165, 1.54) is 19.2 Å². The summed E-state index contributed by atoms with van der Waals surface area (Å²) in [7, 11) is 1.52. The van der Waals surface area contributed by atoms with Crippen LogP contribution in [0.15, 0.2) is 21.6 Å². The zero-order chi connectivity index (χ0) is 19.5. The van der Waals surface area contributed by atoms with Crippen molar-refractivity contribution in [3.05, 3.63) is 39.5 Å². The molecule has 26 heavy (non-hydrogen) atoms. The number of benzene rings is 1. The third-order valence-corrected chi connectivity index (χ3v) is 5.41. The molecule has 0 bridgehead atoms. The normalized spacial score (nSPS) is 21.0. The molecule has 1 heterocycles. The maximum absolute atomic E-state index is 14.1. The Morgan fingerprint density at radius 1 is 1.50 bits per heavy atom. The largest absolute Gasteiger partial charge is 0.591 e. The Balaban J connectivity index is 2.46. The molecule has 0 aromatic heterocycles. The van der Waals surface area contributed by atoms with Gasteiger partial charge < -0.3 is 14.0 Å². The smallest absolute Gasteiger partial charge is 0.144 e. The van der Waals surface area contributed by atoms with Crippen molar-refractivity contribution >= 4 is 17.1 Å². The summed E-state index contributed by atoms with van der Waals surface area (Å²) in [6, 6.07) is 2.70. The van der Waals surface area contributed by atoms with Crippen molar-refractivity contribution in [2.75, 3.05) is 20.3 Å². The second kappa shape index (κ2) is 7.84. The molecule has 7 nitrogen and oxygen atoms in total. The molecule has 0 N–H and O–H groups in total. The molecule has 1 unspecified atom stereocenters. The highest BCUT2D eigenvalue weighted by atomic mass is 32.2. The summed E-state index contributed by atoms with van der Waals surface area (Å²) in [5.74, 6) is 0.0270. The molecule has 1 aromatic carbocycles. The van der Waals surface area contributed by atoms with Gasteiger partial charge in [0.2, 0.25) is 0 Å². The van der Waals surface area contributed by atoms with Crippen LogP contribution in [0.1, 0.15) is 38.8 Å². The molecule has 0 spiro atoms. The molecule has 0 saturated carbocycles. The van der Waals surface area contributed by atoms with Crippen molar-refractivity contribution in [3.63, 3.8) is 0 Å². The van der Waals surface area contributed by atoms with Crippen LogP contribution in [0.25, 0.3) is 10.4 Å². The monoisotopic (exact) mass is 382 g/mol. The number of ether oxygens (including phenoxy) is 2. The van der Waals surface area contributed by atoms with Gasteiger partial charge in [0.15, 0.2) is 0 Å². The van der Waals surface area contributed by atoms with Crippen LogP contribution in [0.3, 0.4) is 0 Å². The van der Waals surface area contributed by atoms with E-state index in [0.717, 1.165) is 0 Å². The minimum atomic E-state index is -1.48. The lowest BCUT2D eigenvalue weighted by molar-refractivity contribution is 0.0131. The Hall–Kier alpha value is -1.80. The summed E-state index contributed by atoms with van der Waals surface area (Å²) in [5, 5.41) is 3.61. The molecule has 0 fully saturated rings. The van der Waals surface area contributed by atoms with Crippen LogP contribution in [-0.2, 0) is 22.5 Å². The molecule has 0 amide bonds. The average Bonchev–Trinajstić information content (AvgIpc) is 2.89. The minimum Gasteiger partial charge on any atom is -0.591 e. The molecule has 0 saturated heterocycles. The van der Waals surface area contributed by atoms with Crippen molar-refractivity contribution in [1.82, 2.24) is 0 Å². The lowest BCUT2D eigenvalue weighted by Crippen LogP contribution is -2.42. The van der Waals surface area contributed by atoms with Gasteiger partial charge in [-0.3, -0.25) is 0 Å². The van der Waals surface area contributed by atoms with Gasteiger partial charge in [-0.15, -0.1) is 0 Å². The third kappa shape index (κ3) is 4.48. The van der Waals surface area contributed by atoms with Crippen LogP contribution in [0, 0.1) is 5.82 Å². The van der Waals surface area contributed by atoms with Gasteiger partial charge in [0, 0.05) is 29.6 Å². The molecule has 1 aromatic rings. The van der Waals surface area contributed by atoms with E-state index in [4.69, 9.17) is 15.0 Å². The van der Waals surface area contributed by atoms with Crippen molar-refractivity contribution in [3.8, 4) is 5.75 Å². The number of methoxy groups -OCH3 is 1. The van der Waals surface area contributed by atoms with E-state index < -0.39 is 27.5 Å². The van der Waals surface area contributed by atoms with Gasteiger partial charge in [0.25, 0.3) is 0 Å². The predicted octanol–water partition coefficient (Wildman–Crippen LogP) is 3.73. The number of rotatable bonds is 6. The molecular formula is C17H23FN4O3S. The summed E-state index contributed by atoms with van der Waals surface area (Å²) in [6.45, 7) is 7.36. The second-order valence-corrected chi connectivity index (χ2v) is 9.17. The number of halogens is 1. The fraction of sp³-hybridized carbons (Fsp3) is 0.588. The highest BCUT2D eigenvalue weighted by molar-refractivity contribution is 7.91. The van der Waals surface area contributed by atoms with Crippen molar-refractivity contribution < 1.29 is 18.4 Å². The SMILES string of the molecule is COC[C@]1(CN=[N+]=[N-])Cc2cc(F)cc(C(C)=N[S+]([O-])C(C)(C)C)c2O1. The number of hydrogen-bond donors (Lipinski definition) is 0. The maximum atomic E-state index is 14.1. The van der Waals surface area contributed by atoms with Gasteiger partial charge in [-0.1, -0.05) is 9.51 Å². The molecule has 0 aliphatic carbocycles. The lowest BCUT2D eigenvalue weighted by atomic mass is 9.96. The Kier molecular flexibility index (Phi) is 6.18. The maximum Gasteiger partial charge on any atom is 0.144 e. The fourth-order valence-corrected chi connectivity index (χ4v) is 3.34. The topological polar surface area (TPSA) is 103 Å². The van der Waals surface area contributed by atoms with Crippen LogP contribution >= 0.6 is 0 Å². The zero-order valence-electron chi connectivity index (χ0n) is 15.6. The number of nitrogens with zero attached hydrogens (tertiary/aromatic N) is 4. The molecule has 2 atom stereocenters. The molecule has 1 aliphatic rings. The summed E-state index contributed by atoms with van der Waals surface area (Å²) >= 11 is -1.48. The third-order valence-electron chi connectivity index (χ3n) is 3.92. The second-order valence-electron chi connectivity index (χ2n) is 7.26.